The van der Waals surface area contributed by atoms with E-state index in [4.69, 9.17) is 4.74 Å². The molecule has 3 heteroatoms. The summed E-state index contributed by atoms with van der Waals surface area (Å²) in [5, 5.41) is 3.50. The Morgan fingerprint density at radius 3 is 3.25 bits per heavy atom. The summed E-state index contributed by atoms with van der Waals surface area (Å²) in [6, 6.07) is 4.61. The van der Waals surface area contributed by atoms with Crippen LogP contribution in [-0.4, -0.2) is 31.3 Å². The molecule has 0 saturated carbocycles. The van der Waals surface area contributed by atoms with Crippen molar-refractivity contribution >= 4 is 0 Å². The smallest absolute Gasteiger partial charge is 0.0622 e. The lowest BCUT2D eigenvalue weighted by molar-refractivity contribution is 0.154. The molecule has 1 aromatic rings. The van der Waals surface area contributed by atoms with Crippen molar-refractivity contribution in [1.82, 2.24) is 10.3 Å². The van der Waals surface area contributed by atoms with Gasteiger partial charge in [-0.25, -0.2) is 0 Å². The molecule has 88 valence electrons. The van der Waals surface area contributed by atoms with Gasteiger partial charge in [-0.05, 0) is 31.0 Å². The fourth-order valence-electron chi connectivity index (χ4n) is 2.59. The highest BCUT2D eigenvalue weighted by atomic mass is 16.5. The van der Waals surface area contributed by atoms with Crippen molar-refractivity contribution in [3.63, 3.8) is 0 Å². The molecule has 3 nitrogen and oxygen atoms in total. The van der Waals surface area contributed by atoms with Crippen LogP contribution in [-0.2, 0) is 11.2 Å². The number of hydrogen-bond acceptors (Lipinski definition) is 3. The van der Waals surface area contributed by atoms with Crippen LogP contribution in [0.2, 0.25) is 0 Å². The average Bonchev–Trinajstić information content (AvgIpc) is 2.72. The Morgan fingerprint density at radius 2 is 2.50 bits per heavy atom. The minimum atomic E-state index is 0.395. The van der Waals surface area contributed by atoms with E-state index >= 15 is 0 Å². The molecule has 0 bridgehead atoms. The van der Waals surface area contributed by atoms with E-state index in [1.807, 2.05) is 12.3 Å². The summed E-state index contributed by atoms with van der Waals surface area (Å²) in [5.41, 5.74) is 2.68. The first-order chi connectivity index (χ1) is 7.86. The van der Waals surface area contributed by atoms with Crippen molar-refractivity contribution in [2.24, 2.45) is 0 Å². The molecule has 0 aliphatic heterocycles. The molecular weight excluding hydrogens is 200 g/mol. The number of nitrogens with one attached hydrogen (secondary N) is 1. The first kappa shape index (κ1) is 11.6. The molecule has 1 aliphatic carbocycles. The molecule has 2 rings (SSSR count). The summed E-state index contributed by atoms with van der Waals surface area (Å²) in [6.45, 7) is 3.87. The van der Waals surface area contributed by atoms with Crippen molar-refractivity contribution in [1.29, 1.82) is 0 Å². The third kappa shape index (κ3) is 2.25. The molecule has 0 radical (unpaired) electrons. The second kappa shape index (κ2) is 5.41. The van der Waals surface area contributed by atoms with E-state index in [1.165, 1.54) is 17.7 Å². The van der Waals surface area contributed by atoms with Crippen LogP contribution in [0, 0.1) is 0 Å². The summed E-state index contributed by atoms with van der Waals surface area (Å²) < 4.78 is 5.29. The van der Waals surface area contributed by atoms with Gasteiger partial charge in [0.25, 0.3) is 0 Å². The summed E-state index contributed by atoms with van der Waals surface area (Å²) in [5.74, 6) is 0.510. The summed E-state index contributed by atoms with van der Waals surface area (Å²) >= 11 is 0. The predicted molar refractivity (Wildman–Crippen MR) is 64.6 cm³/mol. The molecule has 0 aromatic carbocycles. The fraction of sp³-hybridized carbons (Fsp3) is 0.615. The van der Waals surface area contributed by atoms with Gasteiger partial charge in [0.15, 0.2) is 0 Å². The number of likely N-dealkylation sites (N-methyl/N-ethyl adjacent to an activating group) is 1. The van der Waals surface area contributed by atoms with Gasteiger partial charge in [0.1, 0.15) is 0 Å². The number of methoxy groups -OCH3 is 1. The van der Waals surface area contributed by atoms with Gasteiger partial charge in [0.2, 0.25) is 0 Å². The second-order valence-corrected chi connectivity index (χ2v) is 4.31. The lowest BCUT2D eigenvalue weighted by Crippen LogP contribution is -2.38. The monoisotopic (exact) mass is 220 g/mol. The lowest BCUT2D eigenvalue weighted by atomic mass is 9.97. The summed E-state index contributed by atoms with van der Waals surface area (Å²) in [7, 11) is 1.76. The van der Waals surface area contributed by atoms with Crippen molar-refractivity contribution in [2.75, 3.05) is 20.3 Å². The molecule has 1 aromatic heterocycles. The Labute approximate surface area is 97.2 Å². The molecule has 2 atom stereocenters. The van der Waals surface area contributed by atoms with Gasteiger partial charge in [-0.1, -0.05) is 13.0 Å². The number of nitrogens with zero attached hydrogens (tertiary/aromatic N) is 1. The second-order valence-electron chi connectivity index (χ2n) is 4.31. The first-order valence-corrected chi connectivity index (χ1v) is 6.03. The topological polar surface area (TPSA) is 34.1 Å². The Kier molecular flexibility index (Phi) is 3.91. The standard InChI is InChI=1S/C13H20N2O/c1-3-14-12(9-16-2)11-7-6-10-5-4-8-15-13(10)11/h4-5,8,11-12,14H,3,6-7,9H2,1-2H3. The molecule has 1 heterocycles. The highest BCUT2D eigenvalue weighted by molar-refractivity contribution is 5.30. The van der Waals surface area contributed by atoms with Gasteiger partial charge in [0.05, 0.1) is 6.61 Å². The van der Waals surface area contributed by atoms with Crippen molar-refractivity contribution < 1.29 is 4.74 Å². The molecule has 2 unspecified atom stereocenters. The zero-order valence-electron chi connectivity index (χ0n) is 10.1. The SMILES string of the molecule is CCNC(COC)C1CCc2cccnc21. The van der Waals surface area contributed by atoms with Crippen molar-refractivity contribution in [3.8, 4) is 0 Å². The lowest BCUT2D eigenvalue weighted by Gasteiger charge is -2.23. The number of aromatic nitrogens is 1. The van der Waals surface area contributed by atoms with E-state index in [0.717, 1.165) is 19.6 Å². The zero-order valence-corrected chi connectivity index (χ0v) is 10.1. The highest BCUT2D eigenvalue weighted by Crippen LogP contribution is 2.33. The molecule has 1 N–H and O–H groups in total. The van der Waals surface area contributed by atoms with Crippen LogP contribution in [0.1, 0.15) is 30.5 Å². The van der Waals surface area contributed by atoms with Gasteiger partial charge >= 0.3 is 0 Å². The van der Waals surface area contributed by atoms with Crippen LogP contribution in [0.5, 0.6) is 0 Å². The maximum absolute atomic E-state index is 5.29. The predicted octanol–water partition coefficient (Wildman–Crippen LogP) is 1.74. The van der Waals surface area contributed by atoms with Gasteiger partial charge in [-0.15, -0.1) is 0 Å². The number of rotatable bonds is 5. The summed E-state index contributed by atoms with van der Waals surface area (Å²) in [6.07, 6.45) is 4.24. The Balaban J connectivity index is 2.15. The Hall–Kier alpha value is -0.930. The third-order valence-electron chi connectivity index (χ3n) is 3.30. The van der Waals surface area contributed by atoms with Crippen LogP contribution < -0.4 is 5.32 Å². The fourth-order valence-corrected chi connectivity index (χ4v) is 2.59. The largest absolute Gasteiger partial charge is 0.383 e. The highest BCUT2D eigenvalue weighted by Gasteiger charge is 2.30. The molecule has 0 amide bonds. The van der Waals surface area contributed by atoms with Gasteiger partial charge in [-0.3, -0.25) is 4.98 Å². The van der Waals surface area contributed by atoms with Crippen LogP contribution in [0.15, 0.2) is 18.3 Å². The van der Waals surface area contributed by atoms with Gasteiger partial charge in [-0.2, -0.15) is 0 Å². The Morgan fingerprint density at radius 1 is 1.62 bits per heavy atom. The maximum Gasteiger partial charge on any atom is 0.0622 e. The summed E-state index contributed by atoms with van der Waals surface area (Å²) in [4.78, 5) is 4.53. The quantitative estimate of drug-likeness (QED) is 0.820. The number of fused-ring (bicyclic) bond motifs is 1. The number of hydrogen-bond donors (Lipinski definition) is 1. The third-order valence-corrected chi connectivity index (χ3v) is 3.30. The van der Waals surface area contributed by atoms with Crippen LogP contribution in [0.3, 0.4) is 0 Å². The van der Waals surface area contributed by atoms with E-state index in [1.54, 1.807) is 7.11 Å². The van der Waals surface area contributed by atoms with E-state index in [-0.39, 0.29) is 0 Å². The van der Waals surface area contributed by atoms with Gasteiger partial charge < -0.3 is 10.1 Å². The van der Waals surface area contributed by atoms with E-state index in [0.29, 0.717) is 12.0 Å². The van der Waals surface area contributed by atoms with E-state index in [9.17, 15) is 0 Å². The first-order valence-electron chi connectivity index (χ1n) is 6.03. The van der Waals surface area contributed by atoms with E-state index in [2.05, 4.69) is 23.3 Å². The van der Waals surface area contributed by atoms with E-state index < -0.39 is 0 Å². The molecule has 0 spiro atoms. The maximum atomic E-state index is 5.29. The minimum Gasteiger partial charge on any atom is -0.383 e. The Bertz CT molecular complexity index is 334. The number of aryl methyl sites for hydroxylation is 1. The molecule has 1 aliphatic rings. The molecular formula is C13H20N2O. The van der Waals surface area contributed by atoms with Crippen molar-refractivity contribution in [3.05, 3.63) is 29.6 Å². The normalized spacial score (nSPS) is 20.8. The zero-order chi connectivity index (χ0) is 11.4. The molecule has 0 fully saturated rings. The molecule has 0 saturated heterocycles. The van der Waals surface area contributed by atoms with Crippen molar-refractivity contribution in [2.45, 2.75) is 31.7 Å². The number of pyridine rings is 1. The number of ether oxygens (including phenoxy) is 1. The average molecular weight is 220 g/mol. The van der Waals surface area contributed by atoms with Crippen LogP contribution in [0.4, 0.5) is 0 Å². The van der Waals surface area contributed by atoms with Gasteiger partial charge in [0, 0.05) is 31.0 Å². The minimum absolute atomic E-state index is 0.395. The van der Waals surface area contributed by atoms with Crippen LogP contribution in [0.25, 0.3) is 0 Å². The molecule has 16 heavy (non-hydrogen) atoms. The van der Waals surface area contributed by atoms with Crippen LogP contribution >= 0.6 is 0 Å².